The number of methoxy groups -OCH3 is 1. The van der Waals surface area contributed by atoms with E-state index < -0.39 is 5.60 Å². The Morgan fingerprint density at radius 1 is 0.889 bits per heavy atom. The SMILES string of the molecule is COC(=O)CC[C@]1(C)[C@H]2CC[C@@H]3[C@@H]4C[C@](C)(CO)CC[C@]4(CO)CC[C@@]3(C)[C@]2(C)CC[C@H]1C(C)(C)O. The van der Waals surface area contributed by atoms with Crippen molar-refractivity contribution in [2.75, 3.05) is 20.3 Å². The number of fused-ring (bicyclic) bond motifs is 5. The van der Waals surface area contributed by atoms with Crippen LogP contribution in [-0.2, 0) is 9.53 Å². The molecule has 3 N–H and O–H groups in total. The first-order valence-electron chi connectivity index (χ1n) is 14.7. The zero-order valence-electron chi connectivity index (χ0n) is 24.2. The minimum atomic E-state index is -0.797. The Morgan fingerprint density at radius 3 is 2.14 bits per heavy atom. The molecule has 4 aliphatic carbocycles. The minimum absolute atomic E-state index is 0.000528. The van der Waals surface area contributed by atoms with Gasteiger partial charge in [-0.2, -0.15) is 0 Å². The molecule has 0 heterocycles. The predicted octanol–water partition coefficient (Wildman–Crippen LogP) is 5.74. The average molecular weight is 507 g/mol. The highest BCUT2D eigenvalue weighted by molar-refractivity contribution is 5.69. The Hall–Kier alpha value is -0.650. The van der Waals surface area contributed by atoms with Crippen molar-refractivity contribution >= 4 is 5.97 Å². The van der Waals surface area contributed by atoms with Crippen LogP contribution in [0.25, 0.3) is 0 Å². The Labute approximate surface area is 219 Å². The summed E-state index contributed by atoms with van der Waals surface area (Å²) in [6.45, 7) is 14.1. The highest BCUT2D eigenvalue weighted by Crippen LogP contribution is 2.75. The van der Waals surface area contributed by atoms with Crippen LogP contribution >= 0.6 is 0 Å². The summed E-state index contributed by atoms with van der Waals surface area (Å²) in [6.07, 6.45) is 10.7. The summed E-state index contributed by atoms with van der Waals surface area (Å²) < 4.78 is 5.04. The molecule has 0 unspecified atom stereocenters. The molecule has 0 radical (unpaired) electrons. The first-order valence-corrected chi connectivity index (χ1v) is 14.7. The van der Waals surface area contributed by atoms with Crippen molar-refractivity contribution in [3.63, 3.8) is 0 Å². The van der Waals surface area contributed by atoms with Gasteiger partial charge in [0.15, 0.2) is 0 Å². The molecule has 4 saturated carbocycles. The van der Waals surface area contributed by atoms with Crippen LogP contribution in [0.5, 0.6) is 0 Å². The third-order valence-corrected chi connectivity index (χ3v) is 13.2. The molecule has 0 aromatic rings. The molecule has 4 fully saturated rings. The molecule has 208 valence electrons. The zero-order chi connectivity index (χ0) is 26.8. The largest absolute Gasteiger partial charge is 0.469 e. The molecule has 5 nitrogen and oxygen atoms in total. The van der Waals surface area contributed by atoms with Gasteiger partial charge in [-0.3, -0.25) is 4.79 Å². The molecule has 0 aromatic carbocycles. The van der Waals surface area contributed by atoms with Crippen molar-refractivity contribution in [3.05, 3.63) is 0 Å². The Bertz CT molecular complexity index is 835. The van der Waals surface area contributed by atoms with E-state index in [0.29, 0.717) is 24.2 Å². The molecule has 0 aromatic heterocycles. The van der Waals surface area contributed by atoms with Crippen molar-refractivity contribution in [1.82, 2.24) is 0 Å². The van der Waals surface area contributed by atoms with Gasteiger partial charge in [-0.1, -0.05) is 27.7 Å². The Balaban J connectivity index is 1.73. The number of carbonyl (C=O) groups excluding carboxylic acids is 1. The first kappa shape index (κ1) is 28.4. The third kappa shape index (κ3) is 4.09. The van der Waals surface area contributed by atoms with Gasteiger partial charge in [0.2, 0.25) is 0 Å². The zero-order valence-corrected chi connectivity index (χ0v) is 24.2. The van der Waals surface area contributed by atoms with Gasteiger partial charge in [0.25, 0.3) is 0 Å². The van der Waals surface area contributed by atoms with E-state index in [2.05, 4.69) is 27.7 Å². The minimum Gasteiger partial charge on any atom is -0.469 e. The van der Waals surface area contributed by atoms with Crippen LogP contribution < -0.4 is 0 Å². The summed E-state index contributed by atoms with van der Waals surface area (Å²) in [5.74, 6) is 1.39. The molecule has 0 amide bonds. The van der Waals surface area contributed by atoms with Gasteiger partial charge in [-0.25, -0.2) is 0 Å². The summed E-state index contributed by atoms with van der Waals surface area (Å²) in [5.41, 5.74) is -0.741. The third-order valence-electron chi connectivity index (χ3n) is 13.2. The summed E-state index contributed by atoms with van der Waals surface area (Å²) in [5, 5.41) is 32.3. The number of aliphatic hydroxyl groups is 3. The molecule has 5 heteroatoms. The fourth-order valence-electron chi connectivity index (χ4n) is 10.8. The standard InChI is InChI=1S/C31H54O5/c1-26(2,35)23-10-13-30(6)24(28(23,4)12-11-25(34)36-7)9-8-21-22-18-27(3,19-32)14-16-31(22,20-33)17-15-29(21,30)5/h21-24,32-33,35H,8-20H2,1-7H3/t21-,22+,23+,24-,27-,28+,29-,30-,31-/m1/s1. The number of rotatable bonds is 6. The van der Waals surface area contributed by atoms with Gasteiger partial charge in [0, 0.05) is 19.6 Å². The quantitative estimate of drug-likeness (QED) is 0.400. The smallest absolute Gasteiger partial charge is 0.305 e. The number of carbonyl (C=O) groups is 1. The van der Waals surface area contributed by atoms with E-state index in [-0.39, 0.29) is 52.2 Å². The Morgan fingerprint density at radius 2 is 1.56 bits per heavy atom. The molecular formula is C31H54O5. The number of hydrogen-bond donors (Lipinski definition) is 3. The topological polar surface area (TPSA) is 87.0 Å². The average Bonchev–Trinajstić information content (AvgIpc) is 2.82. The highest BCUT2D eigenvalue weighted by Gasteiger charge is 2.69. The molecule has 4 aliphatic rings. The van der Waals surface area contributed by atoms with Crippen LogP contribution in [0.2, 0.25) is 0 Å². The maximum Gasteiger partial charge on any atom is 0.305 e. The van der Waals surface area contributed by atoms with Gasteiger partial charge < -0.3 is 20.1 Å². The van der Waals surface area contributed by atoms with E-state index in [1.807, 2.05) is 13.8 Å². The number of esters is 1. The molecule has 0 saturated heterocycles. The molecule has 0 bridgehead atoms. The molecule has 9 atom stereocenters. The van der Waals surface area contributed by atoms with Crippen LogP contribution in [0, 0.1) is 50.7 Å². The van der Waals surface area contributed by atoms with E-state index in [0.717, 1.165) is 64.2 Å². The van der Waals surface area contributed by atoms with Crippen molar-refractivity contribution < 1.29 is 24.9 Å². The summed E-state index contributed by atoms with van der Waals surface area (Å²) in [7, 11) is 1.47. The van der Waals surface area contributed by atoms with Crippen molar-refractivity contribution in [2.24, 2.45) is 50.7 Å². The second-order valence-electron chi connectivity index (χ2n) is 15.2. The number of ether oxygens (including phenoxy) is 1. The van der Waals surface area contributed by atoms with Crippen LogP contribution in [0.3, 0.4) is 0 Å². The lowest BCUT2D eigenvalue weighted by atomic mass is 9.32. The summed E-state index contributed by atoms with van der Waals surface area (Å²) in [6, 6.07) is 0. The van der Waals surface area contributed by atoms with Crippen LogP contribution in [-0.4, -0.2) is 47.2 Å². The first-order chi connectivity index (χ1) is 16.6. The molecule has 36 heavy (non-hydrogen) atoms. The number of hydrogen-bond acceptors (Lipinski definition) is 5. The summed E-state index contributed by atoms with van der Waals surface area (Å²) in [4.78, 5) is 12.3. The van der Waals surface area contributed by atoms with E-state index in [4.69, 9.17) is 4.74 Å². The predicted molar refractivity (Wildman–Crippen MR) is 142 cm³/mol. The fourth-order valence-corrected chi connectivity index (χ4v) is 10.8. The van der Waals surface area contributed by atoms with Gasteiger partial charge in [0.05, 0.1) is 12.7 Å². The normalized spacial score (nSPS) is 48.9. The van der Waals surface area contributed by atoms with E-state index in [9.17, 15) is 20.1 Å². The van der Waals surface area contributed by atoms with Crippen molar-refractivity contribution in [2.45, 2.75) is 118 Å². The van der Waals surface area contributed by atoms with Gasteiger partial charge in [-0.05, 0) is 129 Å². The molecule has 0 aliphatic heterocycles. The molecular weight excluding hydrogens is 452 g/mol. The van der Waals surface area contributed by atoms with Gasteiger partial charge in [0.1, 0.15) is 0 Å². The lowest BCUT2D eigenvalue weighted by molar-refractivity contribution is -0.249. The monoisotopic (exact) mass is 506 g/mol. The van der Waals surface area contributed by atoms with Crippen LogP contribution in [0.15, 0.2) is 0 Å². The highest BCUT2D eigenvalue weighted by atomic mass is 16.5. The van der Waals surface area contributed by atoms with Gasteiger partial charge >= 0.3 is 5.97 Å². The lowest BCUT2D eigenvalue weighted by Crippen LogP contribution is -2.66. The fraction of sp³-hybridized carbons (Fsp3) is 0.968. The lowest BCUT2D eigenvalue weighted by Gasteiger charge is -2.72. The van der Waals surface area contributed by atoms with Crippen molar-refractivity contribution in [3.8, 4) is 0 Å². The second kappa shape index (κ2) is 9.23. The van der Waals surface area contributed by atoms with E-state index in [1.54, 1.807) is 0 Å². The maximum absolute atomic E-state index is 12.3. The number of aliphatic hydroxyl groups excluding tert-OH is 2. The summed E-state index contributed by atoms with van der Waals surface area (Å²) >= 11 is 0. The van der Waals surface area contributed by atoms with Crippen LogP contribution in [0.4, 0.5) is 0 Å². The van der Waals surface area contributed by atoms with Crippen LogP contribution in [0.1, 0.15) is 112 Å². The molecule has 4 rings (SSSR count). The second-order valence-corrected chi connectivity index (χ2v) is 15.2. The van der Waals surface area contributed by atoms with Gasteiger partial charge in [-0.15, -0.1) is 0 Å². The van der Waals surface area contributed by atoms with E-state index >= 15 is 0 Å². The Kier molecular flexibility index (Phi) is 7.27. The maximum atomic E-state index is 12.3. The van der Waals surface area contributed by atoms with Crippen molar-refractivity contribution in [1.29, 1.82) is 0 Å². The molecule has 0 spiro atoms. The van der Waals surface area contributed by atoms with E-state index in [1.165, 1.54) is 7.11 Å².